The molecule has 5 aromatic carbocycles. The maximum absolute atomic E-state index is 12.9. The van der Waals surface area contributed by atoms with Gasteiger partial charge in [-0.1, -0.05) is 42.5 Å². The Bertz CT molecular complexity index is 2090. The number of nitrogens with zero attached hydrogens (tertiary/aromatic N) is 3. The van der Waals surface area contributed by atoms with Crippen LogP contribution in [0.4, 0.5) is 26.3 Å². The quantitative estimate of drug-likeness (QED) is 0.0996. The van der Waals surface area contributed by atoms with Gasteiger partial charge in [0.05, 0.1) is 16.9 Å². The average molecular weight is 788 g/mol. The van der Waals surface area contributed by atoms with Gasteiger partial charge in [-0.3, -0.25) is 9.97 Å². The van der Waals surface area contributed by atoms with Crippen molar-refractivity contribution < 1.29 is 46.4 Å². The Hall–Kier alpha value is -4.66. The Morgan fingerprint density at radius 3 is 1.98 bits per heavy atom. The first-order chi connectivity index (χ1) is 21.1. The summed E-state index contributed by atoms with van der Waals surface area (Å²) in [5.74, 6) is 0.174. The van der Waals surface area contributed by atoms with E-state index in [1.54, 1.807) is 6.07 Å². The maximum Gasteiger partial charge on any atom is 0.416 e. The SMILES string of the molecule is FC(F)(F)c1c[c-]c(-c2ncc3c(ccc4cc(C(F)(F)F)ccc43)n2)cc1.[Ir].[c-]1ccccc1-c1cc2ccccc2cn1. The summed E-state index contributed by atoms with van der Waals surface area (Å²) < 4.78 is 76.6. The van der Waals surface area contributed by atoms with E-state index in [9.17, 15) is 26.3 Å². The van der Waals surface area contributed by atoms with Gasteiger partial charge in [0.1, 0.15) is 0 Å². The molecule has 3 nitrogen and oxygen atoms in total. The van der Waals surface area contributed by atoms with Gasteiger partial charge in [0.25, 0.3) is 0 Å². The van der Waals surface area contributed by atoms with Gasteiger partial charge in [-0.2, -0.15) is 26.3 Å². The predicted molar refractivity (Wildman–Crippen MR) is 157 cm³/mol. The summed E-state index contributed by atoms with van der Waals surface area (Å²) in [5, 5.41) is 3.86. The minimum atomic E-state index is -4.46. The molecule has 0 fully saturated rings. The molecule has 1 radical (unpaired) electrons. The molecule has 45 heavy (non-hydrogen) atoms. The Morgan fingerprint density at radius 2 is 1.29 bits per heavy atom. The zero-order valence-corrected chi connectivity index (χ0v) is 25.3. The predicted octanol–water partition coefficient (Wildman–Crippen LogP) is 9.99. The summed E-state index contributed by atoms with van der Waals surface area (Å²) in [6.07, 6.45) is -5.56. The summed E-state index contributed by atoms with van der Waals surface area (Å²) in [5.41, 5.74) is 1.17. The third-order valence-electron chi connectivity index (χ3n) is 6.90. The first-order valence-electron chi connectivity index (χ1n) is 13.2. The largest absolute Gasteiger partial charge is 0.416 e. The van der Waals surface area contributed by atoms with Gasteiger partial charge in [0, 0.05) is 37.9 Å². The van der Waals surface area contributed by atoms with Crippen molar-refractivity contribution in [2.75, 3.05) is 0 Å². The first kappa shape index (κ1) is 31.8. The normalized spacial score (nSPS) is 11.6. The van der Waals surface area contributed by atoms with Gasteiger partial charge in [-0.25, -0.2) is 0 Å². The van der Waals surface area contributed by atoms with Crippen molar-refractivity contribution in [1.29, 1.82) is 0 Å². The molecule has 7 aromatic rings. The number of hydrogen-bond donors (Lipinski definition) is 0. The standard InChI is InChI=1S/C20H9F6N2.C15H10N.Ir/c21-19(22,23)13-4-1-11(2-5-13)18-27-10-16-15-7-6-14(20(24,25)26)9-12(15)3-8-17(16)28-18;1-2-6-12(7-3-1)15-10-13-8-4-5-9-14(13)11-16-15;/h1,3-10H;1-6,8-11H;/q2*-1;. The molecule has 0 aliphatic heterocycles. The third-order valence-corrected chi connectivity index (χ3v) is 6.90. The van der Waals surface area contributed by atoms with E-state index in [1.165, 1.54) is 35.2 Å². The fourth-order valence-corrected chi connectivity index (χ4v) is 4.67. The Balaban J connectivity index is 0.000000200. The van der Waals surface area contributed by atoms with Crippen LogP contribution in [0, 0.1) is 12.1 Å². The molecular formula is C35H19F6IrN3-2. The van der Waals surface area contributed by atoms with Crippen LogP contribution >= 0.6 is 0 Å². The second kappa shape index (κ2) is 12.8. The molecule has 0 atom stereocenters. The molecule has 0 saturated heterocycles. The molecule has 2 heterocycles. The van der Waals surface area contributed by atoms with E-state index in [0.29, 0.717) is 21.7 Å². The maximum atomic E-state index is 12.9. The Morgan fingerprint density at radius 1 is 0.556 bits per heavy atom. The molecular weight excluding hydrogens is 769 g/mol. The van der Waals surface area contributed by atoms with Gasteiger partial charge in [-0.15, -0.1) is 65.7 Å². The summed E-state index contributed by atoms with van der Waals surface area (Å²) in [4.78, 5) is 12.9. The summed E-state index contributed by atoms with van der Waals surface area (Å²) in [7, 11) is 0. The topological polar surface area (TPSA) is 38.7 Å². The van der Waals surface area contributed by atoms with Crippen LogP contribution in [0.2, 0.25) is 0 Å². The molecule has 0 amide bonds. The molecule has 0 N–H and O–H groups in total. The third kappa shape index (κ3) is 7.03. The van der Waals surface area contributed by atoms with Crippen molar-refractivity contribution in [2.45, 2.75) is 12.4 Å². The van der Waals surface area contributed by atoms with Crippen LogP contribution in [0.3, 0.4) is 0 Å². The molecule has 0 aliphatic rings. The number of fused-ring (bicyclic) bond motifs is 4. The van der Waals surface area contributed by atoms with Crippen molar-refractivity contribution in [3.05, 3.63) is 139 Å². The van der Waals surface area contributed by atoms with E-state index in [-0.39, 0.29) is 31.5 Å². The number of benzene rings is 5. The number of alkyl halides is 6. The molecule has 0 bridgehead atoms. The molecule has 7 rings (SSSR count). The fourth-order valence-electron chi connectivity index (χ4n) is 4.67. The summed E-state index contributed by atoms with van der Waals surface area (Å²) in [6, 6.07) is 33.4. The summed E-state index contributed by atoms with van der Waals surface area (Å²) >= 11 is 0. The van der Waals surface area contributed by atoms with Crippen LogP contribution in [0.5, 0.6) is 0 Å². The number of halogens is 6. The number of rotatable bonds is 2. The molecule has 227 valence electrons. The molecule has 0 unspecified atom stereocenters. The van der Waals surface area contributed by atoms with Crippen molar-refractivity contribution >= 4 is 32.4 Å². The van der Waals surface area contributed by atoms with E-state index in [2.05, 4.69) is 45.3 Å². The molecule has 0 aliphatic carbocycles. The van der Waals surface area contributed by atoms with E-state index in [4.69, 9.17) is 0 Å². The summed E-state index contributed by atoms with van der Waals surface area (Å²) in [6.45, 7) is 0. The Kier molecular flexibility index (Phi) is 9.00. The van der Waals surface area contributed by atoms with E-state index in [0.717, 1.165) is 35.5 Å². The smallest absolute Gasteiger partial charge is 0.304 e. The molecule has 10 heteroatoms. The van der Waals surface area contributed by atoms with Crippen molar-refractivity contribution in [3.8, 4) is 22.6 Å². The van der Waals surface area contributed by atoms with E-state index >= 15 is 0 Å². The molecule has 2 aromatic heterocycles. The second-order valence-electron chi connectivity index (χ2n) is 9.81. The van der Waals surface area contributed by atoms with Crippen LogP contribution in [-0.4, -0.2) is 15.0 Å². The monoisotopic (exact) mass is 788 g/mol. The van der Waals surface area contributed by atoms with E-state index < -0.39 is 23.5 Å². The molecule has 0 saturated carbocycles. The zero-order valence-electron chi connectivity index (χ0n) is 22.9. The second-order valence-corrected chi connectivity index (χ2v) is 9.81. The number of aromatic nitrogens is 3. The van der Waals surface area contributed by atoms with Crippen LogP contribution < -0.4 is 0 Å². The van der Waals surface area contributed by atoms with Gasteiger partial charge >= 0.3 is 12.4 Å². The number of hydrogen-bond acceptors (Lipinski definition) is 3. The van der Waals surface area contributed by atoms with Crippen LogP contribution in [0.25, 0.3) is 55.1 Å². The van der Waals surface area contributed by atoms with Crippen molar-refractivity contribution in [3.63, 3.8) is 0 Å². The van der Waals surface area contributed by atoms with Gasteiger partial charge in [0.15, 0.2) is 0 Å². The van der Waals surface area contributed by atoms with Gasteiger partial charge in [-0.05, 0) is 51.0 Å². The van der Waals surface area contributed by atoms with Gasteiger partial charge < -0.3 is 4.98 Å². The van der Waals surface area contributed by atoms with E-state index in [1.807, 2.05) is 42.6 Å². The molecule has 0 spiro atoms. The van der Waals surface area contributed by atoms with Crippen LogP contribution in [-0.2, 0) is 32.5 Å². The number of pyridine rings is 1. The zero-order chi connectivity index (χ0) is 30.9. The minimum absolute atomic E-state index is 0. The average Bonchev–Trinajstić information content (AvgIpc) is 3.04. The minimum Gasteiger partial charge on any atom is -0.304 e. The first-order valence-corrected chi connectivity index (χ1v) is 13.2. The van der Waals surface area contributed by atoms with Crippen molar-refractivity contribution in [2.24, 2.45) is 0 Å². The van der Waals surface area contributed by atoms with Crippen LogP contribution in [0.15, 0.2) is 116 Å². The van der Waals surface area contributed by atoms with Crippen LogP contribution in [0.1, 0.15) is 11.1 Å². The van der Waals surface area contributed by atoms with Crippen molar-refractivity contribution in [1.82, 2.24) is 15.0 Å². The fraction of sp³-hybridized carbons (Fsp3) is 0.0571. The Labute approximate surface area is 267 Å². The van der Waals surface area contributed by atoms with Gasteiger partial charge in [0.2, 0.25) is 0 Å².